The number of rotatable bonds is 4. The molecule has 0 aromatic carbocycles. The van der Waals surface area contributed by atoms with E-state index in [9.17, 15) is 9.59 Å². The molecule has 4 aliphatic carbocycles. The molecule has 0 aromatic heterocycles. The molecule has 0 radical (unpaired) electrons. The van der Waals surface area contributed by atoms with Crippen molar-refractivity contribution in [3.63, 3.8) is 0 Å². The highest BCUT2D eigenvalue weighted by Gasteiger charge is 2.67. The van der Waals surface area contributed by atoms with Crippen molar-refractivity contribution in [2.75, 3.05) is 7.11 Å². The van der Waals surface area contributed by atoms with Crippen LogP contribution in [0.15, 0.2) is 0 Å². The van der Waals surface area contributed by atoms with Gasteiger partial charge in [0.1, 0.15) is 0 Å². The number of carbonyl (C=O) groups excluding carboxylic acids is 2. The van der Waals surface area contributed by atoms with Crippen molar-refractivity contribution in [2.45, 2.75) is 106 Å². The van der Waals surface area contributed by atoms with Gasteiger partial charge in [-0.25, -0.2) is 4.79 Å². The van der Waals surface area contributed by atoms with Crippen LogP contribution in [0.5, 0.6) is 0 Å². The Balaban J connectivity index is 1.59. The van der Waals surface area contributed by atoms with Gasteiger partial charge in [0.05, 0.1) is 7.11 Å². The Kier molecular flexibility index (Phi) is 5.95. The number of fused-ring (bicyclic) bond motifs is 5. The normalized spacial score (nSPS) is 48.2. The summed E-state index contributed by atoms with van der Waals surface area (Å²) in [5.41, 5.74) is 1.55. The van der Waals surface area contributed by atoms with Crippen LogP contribution in [0.2, 0.25) is 0 Å². The van der Waals surface area contributed by atoms with E-state index in [0.717, 1.165) is 23.7 Å². The molecule has 0 aliphatic heterocycles. The molecular formula is C29H48O3. The van der Waals surface area contributed by atoms with Gasteiger partial charge in [-0.05, 0) is 109 Å². The molecule has 4 fully saturated rings. The maximum atomic E-state index is 12.3. The van der Waals surface area contributed by atoms with Crippen LogP contribution in [0.4, 0.5) is 0 Å². The first kappa shape index (κ1) is 24.3. The fourth-order valence-electron chi connectivity index (χ4n) is 10.3. The zero-order valence-corrected chi connectivity index (χ0v) is 22.1. The average Bonchev–Trinajstić information content (AvgIpc) is 3.02. The average molecular weight is 445 g/mol. The lowest BCUT2D eigenvalue weighted by Gasteiger charge is -2.67. The first-order valence-electron chi connectivity index (χ1n) is 13.4. The summed E-state index contributed by atoms with van der Waals surface area (Å²) < 4.78 is 4.70. The highest BCUT2D eigenvalue weighted by Crippen LogP contribution is 2.75. The number of esters is 1. The first-order chi connectivity index (χ1) is 14.8. The first-order valence-corrected chi connectivity index (χ1v) is 13.4. The Labute approximate surface area is 196 Å². The van der Waals surface area contributed by atoms with Crippen LogP contribution >= 0.6 is 0 Å². The van der Waals surface area contributed by atoms with E-state index in [1.54, 1.807) is 0 Å². The van der Waals surface area contributed by atoms with E-state index in [-0.39, 0.29) is 17.1 Å². The highest BCUT2D eigenvalue weighted by atomic mass is 16.5. The van der Waals surface area contributed by atoms with Crippen LogP contribution in [0.25, 0.3) is 0 Å². The predicted molar refractivity (Wildman–Crippen MR) is 129 cm³/mol. The molecule has 4 rings (SSSR count). The molecule has 182 valence electrons. The van der Waals surface area contributed by atoms with Gasteiger partial charge in [0.2, 0.25) is 5.78 Å². The Morgan fingerprint density at radius 1 is 0.875 bits per heavy atom. The number of ketones is 1. The van der Waals surface area contributed by atoms with Crippen LogP contribution < -0.4 is 0 Å². The lowest BCUT2D eigenvalue weighted by molar-refractivity contribution is -0.188. The molecule has 0 saturated heterocycles. The Hall–Kier alpha value is -0.860. The molecular weight excluding hydrogens is 396 g/mol. The van der Waals surface area contributed by atoms with E-state index in [1.165, 1.54) is 58.5 Å². The van der Waals surface area contributed by atoms with Crippen molar-refractivity contribution in [2.24, 2.45) is 57.2 Å². The number of methoxy groups -OCH3 is 1. The molecule has 9 atom stereocenters. The zero-order chi connectivity index (χ0) is 23.7. The fourth-order valence-corrected chi connectivity index (χ4v) is 10.3. The molecule has 4 saturated carbocycles. The van der Waals surface area contributed by atoms with Crippen molar-refractivity contribution in [3.05, 3.63) is 0 Å². The third-order valence-electron chi connectivity index (χ3n) is 12.7. The Morgan fingerprint density at radius 3 is 2.19 bits per heavy atom. The SMILES string of the molecule is COC(=O)C(=O)C[C@@H](C)[C@H]1CC[C@@]2(C)C3CCC4C(C)(C)[C@@H](C)CC[C@]4(C)C3CC[C@]12C. The number of hydrogen-bond donors (Lipinski definition) is 0. The molecule has 0 N–H and O–H groups in total. The Bertz CT molecular complexity index is 770. The Morgan fingerprint density at radius 2 is 1.53 bits per heavy atom. The van der Waals surface area contributed by atoms with E-state index >= 15 is 0 Å². The molecule has 0 heterocycles. The molecule has 0 bridgehead atoms. The molecule has 0 amide bonds. The minimum absolute atomic E-state index is 0.242. The summed E-state index contributed by atoms with van der Waals surface area (Å²) in [4.78, 5) is 24.1. The van der Waals surface area contributed by atoms with Crippen LogP contribution in [-0.4, -0.2) is 18.9 Å². The molecule has 3 unspecified atom stereocenters. The largest absolute Gasteiger partial charge is 0.463 e. The minimum atomic E-state index is -0.674. The van der Waals surface area contributed by atoms with Gasteiger partial charge in [0.25, 0.3) is 0 Å². The lowest BCUT2D eigenvalue weighted by Crippen LogP contribution is -2.60. The minimum Gasteiger partial charge on any atom is -0.463 e. The van der Waals surface area contributed by atoms with Crippen molar-refractivity contribution in [3.8, 4) is 0 Å². The van der Waals surface area contributed by atoms with Crippen LogP contribution in [0, 0.1) is 57.2 Å². The fraction of sp³-hybridized carbons (Fsp3) is 0.931. The number of hydrogen-bond acceptors (Lipinski definition) is 3. The van der Waals surface area contributed by atoms with Gasteiger partial charge in [-0.15, -0.1) is 0 Å². The predicted octanol–water partition coefficient (Wildman–Crippen LogP) is 7.08. The summed E-state index contributed by atoms with van der Waals surface area (Å²) in [6.07, 6.45) is 11.0. The standard InChI is InChI=1S/C29H48O3/c1-18(17-23(30)25(31)32-8)20-12-15-29(7)22-9-10-24-26(3,4)19(2)11-14-27(24,5)21(22)13-16-28(20,29)6/h18-22,24H,9-17H2,1-8H3/t18-,19+,20-,21?,22?,24?,27-,28-,29+/m1/s1. The van der Waals surface area contributed by atoms with E-state index < -0.39 is 5.97 Å². The van der Waals surface area contributed by atoms with Gasteiger partial charge in [-0.3, -0.25) is 4.79 Å². The second-order valence-electron chi connectivity index (χ2n) is 13.7. The summed E-state index contributed by atoms with van der Waals surface area (Å²) >= 11 is 0. The van der Waals surface area contributed by atoms with E-state index in [4.69, 9.17) is 4.74 Å². The smallest absolute Gasteiger partial charge is 0.374 e. The van der Waals surface area contributed by atoms with Crippen molar-refractivity contribution in [1.29, 1.82) is 0 Å². The highest BCUT2D eigenvalue weighted by molar-refractivity contribution is 6.33. The van der Waals surface area contributed by atoms with Gasteiger partial charge in [-0.1, -0.05) is 48.5 Å². The van der Waals surface area contributed by atoms with Crippen LogP contribution in [0.3, 0.4) is 0 Å². The molecule has 4 aliphatic rings. The summed E-state index contributed by atoms with van der Waals surface area (Å²) in [5.74, 6) is 3.07. The zero-order valence-electron chi connectivity index (χ0n) is 22.1. The van der Waals surface area contributed by atoms with Crippen LogP contribution in [0.1, 0.15) is 106 Å². The lowest BCUT2D eigenvalue weighted by atomic mass is 9.37. The summed E-state index contributed by atoms with van der Waals surface area (Å²) in [7, 11) is 1.31. The molecule has 0 spiro atoms. The molecule has 32 heavy (non-hydrogen) atoms. The summed E-state index contributed by atoms with van der Waals surface area (Å²) in [5, 5.41) is 0. The van der Waals surface area contributed by atoms with Crippen molar-refractivity contribution in [1.82, 2.24) is 0 Å². The summed E-state index contributed by atoms with van der Waals surface area (Å²) in [6, 6.07) is 0. The quantitative estimate of drug-likeness (QED) is 0.344. The molecule has 3 heteroatoms. The monoisotopic (exact) mass is 444 g/mol. The van der Waals surface area contributed by atoms with Crippen molar-refractivity contribution < 1.29 is 14.3 Å². The van der Waals surface area contributed by atoms with Crippen molar-refractivity contribution >= 4 is 11.8 Å². The number of ether oxygens (including phenoxy) is 1. The van der Waals surface area contributed by atoms with Crippen LogP contribution in [-0.2, 0) is 14.3 Å². The second kappa shape index (κ2) is 7.84. The number of Topliss-reactive ketones (excluding diaryl/α,β-unsaturated/α-hetero) is 1. The molecule has 0 aromatic rings. The number of carbonyl (C=O) groups is 2. The van der Waals surface area contributed by atoms with Gasteiger partial charge >= 0.3 is 5.97 Å². The third kappa shape index (κ3) is 3.18. The topological polar surface area (TPSA) is 43.4 Å². The van der Waals surface area contributed by atoms with E-state index in [0.29, 0.717) is 28.6 Å². The van der Waals surface area contributed by atoms with E-state index in [1.807, 2.05) is 0 Å². The maximum Gasteiger partial charge on any atom is 0.374 e. The summed E-state index contributed by atoms with van der Waals surface area (Å²) in [6.45, 7) is 17.6. The van der Waals surface area contributed by atoms with E-state index in [2.05, 4.69) is 48.5 Å². The van der Waals surface area contributed by atoms with Gasteiger partial charge in [-0.2, -0.15) is 0 Å². The third-order valence-corrected chi connectivity index (χ3v) is 12.7. The van der Waals surface area contributed by atoms with Gasteiger partial charge in [0.15, 0.2) is 0 Å². The second-order valence-corrected chi connectivity index (χ2v) is 13.7. The maximum absolute atomic E-state index is 12.3. The molecule has 3 nitrogen and oxygen atoms in total. The van der Waals surface area contributed by atoms with Gasteiger partial charge in [0, 0.05) is 6.42 Å². The van der Waals surface area contributed by atoms with Gasteiger partial charge < -0.3 is 4.74 Å².